The average molecular weight is 398 g/mol. The van der Waals surface area contributed by atoms with Gasteiger partial charge in [0.05, 0.1) is 0 Å². The molecule has 0 unspecified atom stereocenters. The molecule has 2 rings (SSSR count). The largest absolute Gasteiger partial charge is 0.435 e. The van der Waals surface area contributed by atoms with E-state index in [2.05, 4.69) is 13.2 Å². The lowest BCUT2D eigenvalue weighted by molar-refractivity contribution is -0.278. The first kappa shape index (κ1) is 21.9. The van der Waals surface area contributed by atoms with E-state index in [9.17, 15) is 19.8 Å². The molecule has 152 valence electrons. The van der Waals surface area contributed by atoms with Crippen LogP contribution in [0.5, 0.6) is 17.2 Å². The lowest BCUT2D eigenvalue weighted by atomic mass is 10.0. The molecule has 7 nitrogen and oxygen atoms in total. The van der Waals surface area contributed by atoms with E-state index in [1.54, 1.807) is 30.3 Å². The van der Waals surface area contributed by atoms with Gasteiger partial charge in [0.25, 0.3) is 0 Å². The molecule has 0 heterocycles. The molecule has 2 aromatic rings. The smallest absolute Gasteiger partial charge is 0.338 e. The quantitative estimate of drug-likeness (QED) is 0.319. The van der Waals surface area contributed by atoms with Crippen molar-refractivity contribution < 1.29 is 34.0 Å². The van der Waals surface area contributed by atoms with Gasteiger partial charge in [0, 0.05) is 23.6 Å². The van der Waals surface area contributed by atoms with Gasteiger partial charge in [-0.1, -0.05) is 43.5 Å². The van der Waals surface area contributed by atoms with Gasteiger partial charge < -0.3 is 24.4 Å². The van der Waals surface area contributed by atoms with Crippen molar-refractivity contribution in [2.24, 2.45) is 0 Å². The fraction of sp³-hybridized carbons (Fsp3) is 0.182. The Labute approximate surface area is 168 Å². The van der Waals surface area contributed by atoms with Crippen LogP contribution in [0.3, 0.4) is 0 Å². The molecular weight excluding hydrogens is 376 g/mol. The van der Waals surface area contributed by atoms with Crippen LogP contribution >= 0.6 is 0 Å². The van der Waals surface area contributed by atoms with E-state index in [1.165, 1.54) is 26.0 Å². The predicted octanol–water partition coefficient (Wildman–Crippen LogP) is 3.35. The molecule has 0 saturated carbocycles. The van der Waals surface area contributed by atoms with E-state index < -0.39 is 17.9 Å². The summed E-state index contributed by atoms with van der Waals surface area (Å²) < 4.78 is 15.9. The molecule has 0 bridgehead atoms. The molecule has 0 aliphatic heterocycles. The zero-order chi connectivity index (χ0) is 21.8. The fourth-order valence-electron chi connectivity index (χ4n) is 2.23. The fourth-order valence-corrected chi connectivity index (χ4v) is 2.23. The number of ether oxygens (including phenoxy) is 3. The Kier molecular flexibility index (Phi) is 6.58. The van der Waals surface area contributed by atoms with Crippen molar-refractivity contribution in [3.63, 3.8) is 0 Å². The first-order valence-electron chi connectivity index (χ1n) is 8.61. The molecule has 29 heavy (non-hydrogen) atoms. The molecule has 0 radical (unpaired) electrons. The van der Waals surface area contributed by atoms with E-state index in [0.717, 1.165) is 6.92 Å². The Balaban J connectivity index is 2.74. The summed E-state index contributed by atoms with van der Waals surface area (Å²) in [7, 11) is 0. The maximum absolute atomic E-state index is 12.2. The van der Waals surface area contributed by atoms with Crippen LogP contribution in [0, 0.1) is 0 Å². The number of aliphatic hydroxyl groups is 2. The number of carbonyl (C=O) groups is 2. The third-order valence-corrected chi connectivity index (χ3v) is 3.55. The number of benzene rings is 2. The summed E-state index contributed by atoms with van der Waals surface area (Å²) in [6, 6.07) is 11.8. The van der Waals surface area contributed by atoms with E-state index in [0.29, 0.717) is 11.1 Å². The van der Waals surface area contributed by atoms with Gasteiger partial charge >= 0.3 is 17.9 Å². The van der Waals surface area contributed by atoms with Crippen LogP contribution in [-0.4, -0.2) is 28.1 Å². The van der Waals surface area contributed by atoms with Gasteiger partial charge in [0.2, 0.25) is 5.75 Å². The van der Waals surface area contributed by atoms with Crippen molar-refractivity contribution in [3.8, 4) is 28.4 Å². The molecular formula is C22H22O7. The minimum atomic E-state index is -2.61. The van der Waals surface area contributed by atoms with Crippen LogP contribution in [0.4, 0.5) is 0 Å². The van der Waals surface area contributed by atoms with E-state index >= 15 is 0 Å². The van der Waals surface area contributed by atoms with Crippen LogP contribution in [0.25, 0.3) is 11.1 Å². The Bertz CT molecular complexity index is 953. The predicted molar refractivity (Wildman–Crippen MR) is 106 cm³/mol. The minimum Gasteiger partial charge on any atom is -0.435 e. The van der Waals surface area contributed by atoms with Gasteiger partial charge in [0.1, 0.15) is 0 Å². The molecule has 0 aliphatic rings. The maximum atomic E-state index is 12.2. The van der Waals surface area contributed by atoms with Crippen LogP contribution in [0.15, 0.2) is 66.8 Å². The zero-order valence-electron chi connectivity index (χ0n) is 16.4. The number of carbonyl (C=O) groups excluding carboxylic acids is 2. The third kappa shape index (κ3) is 5.78. The highest BCUT2D eigenvalue weighted by Crippen LogP contribution is 2.46. The molecule has 2 aromatic carbocycles. The molecule has 0 aromatic heterocycles. The standard InChI is InChI=1S/C22H22O7/c1-13(2)20(23)27-17-12-11-16(15-9-7-6-8-10-15)18(29-22(5,25)26)19(17)28-21(24)14(3)4/h6-12,25-26H,1,3H2,2,4-5H3. The van der Waals surface area contributed by atoms with Crippen molar-refractivity contribution in [2.45, 2.75) is 26.7 Å². The summed E-state index contributed by atoms with van der Waals surface area (Å²) in [6.07, 6.45) is 0. The summed E-state index contributed by atoms with van der Waals surface area (Å²) in [5.74, 6) is -4.84. The highest BCUT2D eigenvalue weighted by atomic mass is 16.8. The van der Waals surface area contributed by atoms with Crippen LogP contribution < -0.4 is 14.2 Å². The molecule has 2 N–H and O–H groups in total. The molecule has 0 fully saturated rings. The first-order chi connectivity index (χ1) is 13.5. The van der Waals surface area contributed by atoms with Crippen molar-refractivity contribution in [3.05, 3.63) is 66.8 Å². The maximum Gasteiger partial charge on any atom is 0.338 e. The second-order valence-corrected chi connectivity index (χ2v) is 6.51. The first-order valence-corrected chi connectivity index (χ1v) is 8.61. The molecule has 0 amide bonds. The van der Waals surface area contributed by atoms with E-state index in [1.807, 2.05) is 0 Å². The normalized spacial score (nSPS) is 10.8. The van der Waals surface area contributed by atoms with E-state index in [-0.39, 0.29) is 28.4 Å². The van der Waals surface area contributed by atoms with Crippen LogP contribution in [0.1, 0.15) is 20.8 Å². The lowest BCUT2D eigenvalue weighted by Gasteiger charge is -2.23. The van der Waals surface area contributed by atoms with Gasteiger partial charge in [-0.3, -0.25) is 0 Å². The summed E-state index contributed by atoms with van der Waals surface area (Å²) in [5.41, 5.74) is 1.21. The van der Waals surface area contributed by atoms with Gasteiger partial charge in [-0.05, 0) is 31.5 Å². The Morgan fingerprint density at radius 3 is 1.93 bits per heavy atom. The van der Waals surface area contributed by atoms with Gasteiger partial charge in [-0.15, -0.1) is 0 Å². The average Bonchev–Trinajstić information content (AvgIpc) is 2.63. The van der Waals surface area contributed by atoms with Crippen LogP contribution in [0.2, 0.25) is 0 Å². The lowest BCUT2D eigenvalue weighted by Crippen LogP contribution is -2.31. The Morgan fingerprint density at radius 2 is 1.41 bits per heavy atom. The summed E-state index contributed by atoms with van der Waals surface area (Å²) in [5, 5.41) is 19.6. The molecule has 0 aliphatic carbocycles. The van der Waals surface area contributed by atoms with Gasteiger partial charge in [-0.25, -0.2) is 9.59 Å². The molecule has 0 saturated heterocycles. The Morgan fingerprint density at radius 1 is 0.862 bits per heavy atom. The summed E-state index contributed by atoms with van der Waals surface area (Å²) in [4.78, 5) is 24.2. The van der Waals surface area contributed by atoms with Gasteiger partial charge in [0.15, 0.2) is 11.5 Å². The SMILES string of the molecule is C=C(C)C(=O)Oc1ccc(-c2ccccc2)c(OC(C)(O)O)c1OC(=O)C(=C)C. The third-order valence-electron chi connectivity index (χ3n) is 3.55. The van der Waals surface area contributed by atoms with Gasteiger partial charge in [-0.2, -0.15) is 0 Å². The Hall–Kier alpha value is -3.42. The molecule has 0 atom stereocenters. The van der Waals surface area contributed by atoms with E-state index in [4.69, 9.17) is 14.2 Å². The van der Waals surface area contributed by atoms with Crippen LogP contribution in [-0.2, 0) is 9.59 Å². The topological polar surface area (TPSA) is 102 Å². The number of hydrogen-bond donors (Lipinski definition) is 2. The highest BCUT2D eigenvalue weighted by molar-refractivity contribution is 5.92. The monoisotopic (exact) mass is 398 g/mol. The van der Waals surface area contributed by atoms with Crippen molar-refractivity contribution in [2.75, 3.05) is 0 Å². The zero-order valence-corrected chi connectivity index (χ0v) is 16.4. The second-order valence-electron chi connectivity index (χ2n) is 6.51. The minimum absolute atomic E-state index is 0.0778. The number of rotatable bonds is 7. The molecule has 0 spiro atoms. The van der Waals surface area contributed by atoms with Crippen molar-refractivity contribution in [1.29, 1.82) is 0 Å². The van der Waals surface area contributed by atoms with Crippen molar-refractivity contribution in [1.82, 2.24) is 0 Å². The molecule has 7 heteroatoms. The number of hydrogen-bond acceptors (Lipinski definition) is 7. The summed E-state index contributed by atoms with van der Waals surface area (Å²) >= 11 is 0. The second kappa shape index (κ2) is 8.72. The highest BCUT2D eigenvalue weighted by Gasteiger charge is 2.28. The number of esters is 2. The van der Waals surface area contributed by atoms with Crippen molar-refractivity contribution >= 4 is 11.9 Å². The summed E-state index contributed by atoms with van der Waals surface area (Å²) in [6.45, 7) is 10.9.